The number of benzene rings is 1. The van der Waals surface area contributed by atoms with Crippen LogP contribution < -0.4 is 4.74 Å². The molecule has 0 spiro atoms. The Morgan fingerprint density at radius 1 is 1.18 bits per heavy atom. The summed E-state index contributed by atoms with van der Waals surface area (Å²) in [5.41, 5.74) is 0. The number of hydrogen-bond acceptors (Lipinski definition) is 4. The molecule has 7 heteroatoms. The Morgan fingerprint density at radius 3 is 2.65 bits per heavy atom. The fourth-order valence-electron chi connectivity index (χ4n) is 1.14. The number of halogens is 3. The van der Waals surface area contributed by atoms with Gasteiger partial charge in [-0.1, -0.05) is 29.3 Å². The molecule has 0 unspecified atom stereocenters. The van der Waals surface area contributed by atoms with Gasteiger partial charge in [0.25, 0.3) is 5.89 Å². The second kappa shape index (κ2) is 5.58. The van der Waals surface area contributed by atoms with Gasteiger partial charge in [-0.05, 0) is 12.1 Å². The van der Waals surface area contributed by atoms with Crippen molar-refractivity contribution in [3.8, 4) is 5.75 Å². The largest absolute Gasteiger partial charge is 0.482 e. The molecule has 0 saturated carbocycles. The zero-order valence-electron chi connectivity index (χ0n) is 8.49. The summed E-state index contributed by atoms with van der Waals surface area (Å²) in [6.45, 7) is 0.115. The minimum Gasteiger partial charge on any atom is -0.482 e. The standard InChI is InChI=1S/C10H7Cl3N2O2/c11-4-8-14-15-9(17-8)5-16-7-3-1-2-6(12)10(7)13/h1-3H,4-5H2. The molecule has 0 atom stereocenters. The van der Waals surface area contributed by atoms with Crippen molar-refractivity contribution in [3.63, 3.8) is 0 Å². The highest BCUT2D eigenvalue weighted by molar-refractivity contribution is 6.42. The van der Waals surface area contributed by atoms with Crippen LogP contribution in [-0.4, -0.2) is 10.2 Å². The molecule has 0 saturated heterocycles. The zero-order valence-corrected chi connectivity index (χ0v) is 10.8. The number of hydrogen-bond donors (Lipinski definition) is 0. The molecule has 2 rings (SSSR count). The van der Waals surface area contributed by atoms with E-state index in [2.05, 4.69) is 10.2 Å². The Morgan fingerprint density at radius 2 is 1.94 bits per heavy atom. The van der Waals surface area contributed by atoms with E-state index in [0.29, 0.717) is 27.6 Å². The number of alkyl halides is 1. The molecule has 17 heavy (non-hydrogen) atoms. The SMILES string of the molecule is ClCc1nnc(COc2cccc(Cl)c2Cl)o1. The van der Waals surface area contributed by atoms with Gasteiger partial charge >= 0.3 is 0 Å². The third-order valence-corrected chi connectivity index (χ3v) is 2.92. The fourth-order valence-corrected chi connectivity index (χ4v) is 1.59. The lowest BCUT2D eigenvalue weighted by atomic mass is 10.3. The van der Waals surface area contributed by atoms with Crippen molar-refractivity contribution in [2.24, 2.45) is 0 Å². The minimum atomic E-state index is 0.115. The molecule has 0 fully saturated rings. The first-order chi connectivity index (χ1) is 8.20. The monoisotopic (exact) mass is 292 g/mol. The highest BCUT2D eigenvalue weighted by atomic mass is 35.5. The number of aromatic nitrogens is 2. The van der Waals surface area contributed by atoms with Crippen molar-refractivity contribution in [1.82, 2.24) is 10.2 Å². The van der Waals surface area contributed by atoms with E-state index in [0.717, 1.165) is 0 Å². The highest BCUT2D eigenvalue weighted by Gasteiger charge is 2.09. The summed E-state index contributed by atoms with van der Waals surface area (Å²) in [5, 5.41) is 8.23. The lowest BCUT2D eigenvalue weighted by molar-refractivity contribution is 0.260. The zero-order chi connectivity index (χ0) is 12.3. The summed E-state index contributed by atoms with van der Waals surface area (Å²) in [5.74, 6) is 1.31. The van der Waals surface area contributed by atoms with Crippen LogP contribution >= 0.6 is 34.8 Å². The maximum atomic E-state index is 5.95. The van der Waals surface area contributed by atoms with E-state index in [1.54, 1.807) is 18.2 Å². The summed E-state index contributed by atoms with van der Waals surface area (Å²) in [6.07, 6.45) is 0. The van der Waals surface area contributed by atoms with Gasteiger partial charge in [0.1, 0.15) is 16.7 Å². The molecule has 2 aromatic rings. The van der Waals surface area contributed by atoms with Crippen LogP contribution in [0.1, 0.15) is 11.8 Å². The lowest BCUT2D eigenvalue weighted by Gasteiger charge is -2.06. The molecule has 0 N–H and O–H groups in total. The fraction of sp³-hybridized carbons (Fsp3) is 0.200. The number of ether oxygens (including phenoxy) is 1. The van der Waals surface area contributed by atoms with Crippen molar-refractivity contribution < 1.29 is 9.15 Å². The van der Waals surface area contributed by atoms with Crippen molar-refractivity contribution in [3.05, 3.63) is 40.0 Å². The van der Waals surface area contributed by atoms with Crippen LogP contribution in [-0.2, 0) is 12.5 Å². The van der Waals surface area contributed by atoms with Crippen LogP contribution in [0.25, 0.3) is 0 Å². The molecule has 1 aromatic carbocycles. The highest BCUT2D eigenvalue weighted by Crippen LogP contribution is 2.31. The summed E-state index contributed by atoms with van der Waals surface area (Å²) in [6, 6.07) is 5.11. The Labute approximate surface area is 112 Å². The second-order valence-corrected chi connectivity index (χ2v) is 4.12. The Kier molecular flexibility index (Phi) is 4.10. The van der Waals surface area contributed by atoms with Gasteiger partial charge in [-0.3, -0.25) is 0 Å². The van der Waals surface area contributed by atoms with Crippen LogP contribution in [0.4, 0.5) is 0 Å². The minimum absolute atomic E-state index is 0.115. The Balaban J connectivity index is 2.04. The van der Waals surface area contributed by atoms with E-state index in [9.17, 15) is 0 Å². The topological polar surface area (TPSA) is 48.2 Å². The maximum absolute atomic E-state index is 5.95. The predicted octanol–water partition coefficient (Wildman–Crippen LogP) is 3.69. The molecule has 0 aliphatic heterocycles. The second-order valence-electron chi connectivity index (χ2n) is 3.06. The smallest absolute Gasteiger partial charge is 0.253 e. The van der Waals surface area contributed by atoms with Crippen molar-refractivity contribution in [2.75, 3.05) is 0 Å². The van der Waals surface area contributed by atoms with Gasteiger partial charge in [0, 0.05) is 0 Å². The number of rotatable bonds is 4. The molecule has 0 aliphatic carbocycles. The molecular weight excluding hydrogens is 286 g/mol. The van der Waals surface area contributed by atoms with E-state index < -0.39 is 0 Å². The van der Waals surface area contributed by atoms with E-state index >= 15 is 0 Å². The molecule has 90 valence electrons. The predicted molar refractivity (Wildman–Crippen MR) is 64.6 cm³/mol. The van der Waals surface area contributed by atoms with Gasteiger partial charge in [-0.25, -0.2) is 0 Å². The summed E-state index contributed by atoms with van der Waals surface area (Å²) >= 11 is 17.3. The van der Waals surface area contributed by atoms with E-state index in [1.165, 1.54) is 0 Å². The molecule has 4 nitrogen and oxygen atoms in total. The maximum Gasteiger partial charge on any atom is 0.253 e. The summed E-state index contributed by atoms with van der Waals surface area (Å²) in [7, 11) is 0. The van der Waals surface area contributed by atoms with E-state index in [1.807, 2.05) is 0 Å². The first-order valence-electron chi connectivity index (χ1n) is 4.64. The quantitative estimate of drug-likeness (QED) is 0.807. The normalized spacial score (nSPS) is 10.5. The summed E-state index contributed by atoms with van der Waals surface area (Å²) < 4.78 is 10.6. The van der Waals surface area contributed by atoms with Crippen LogP contribution in [0.3, 0.4) is 0 Å². The molecule has 1 heterocycles. The van der Waals surface area contributed by atoms with Crippen molar-refractivity contribution in [1.29, 1.82) is 0 Å². The van der Waals surface area contributed by atoms with Crippen LogP contribution in [0.15, 0.2) is 22.6 Å². The van der Waals surface area contributed by atoms with Gasteiger partial charge < -0.3 is 9.15 Å². The van der Waals surface area contributed by atoms with Crippen LogP contribution in [0.5, 0.6) is 5.75 Å². The van der Waals surface area contributed by atoms with Crippen LogP contribution in [0, 0.1) is 0 Å². The Hall–Kier alpha value is -0.970. The van der Waals surface area contributed by atoms with Gasteiger partial charge in [0.05, 0.1) is 5.02 Å². The molecule has 1 aromatic heterocycles. The number of nitrogens with zero attached hydrogens (tertiary/aromatic N) is 2. The van der Waals surface area contributed by atoms with E-state index in [-0.39, 0.29) is 12.5 Å². The molecular formula is C10H7Cl3N2O2. The first kappa shape index (κ1) is 12.5. The lowest BCUT2D eigenvalue weighted by Crippen LogP contribution is -1.96. The molecule has 0 aliphatic rings. The molecule has 0 amide bonds. The van der Waals surface area contributed by atoms with Gasteiger partial charge in [0.15, 0.2) is 6.61 Å². The summed E-state index contributed by atoms with van der Waals surface area (Å²) in [4.78, 5) is 0. The molecule has 0 bridgehead atoms. The van der Waals surface area contributed by atoms with Gasteiger partial charge in [-0.2, -0.15) is 0 Å². The van der Waals surface area contributed by atoms with Gasteiger partial charge in [-0.15, -0.1) is 21.8 Å². The average Bonchev–Trinajstić information content (AvgIpc) is 2.79. The molecule has 0 radical (unpaired) electrons. The first-order valence-corrected chi connectivity index (χ1v) is 5.94. The third-order valence-electron chi connectivity index (χ3n) is 1.89. The third kappa shape index (κ3) is 3.03. The Bertz CT molecular complexity index is 516. The average molecular weight is 294 g/mol. The van der Waals surface area contributed by atoms with E-state index in [4.69, 9.17) is 44.0 Å². The van der Waals surface area contributed by atoms with Crippen molar-refractivity contribution in [2.45, 2.75) is 12.5 Å². The van der Waals surface area contributed by atoms with Gasteiger partial charge in [0.2, 0.25) is 5.89 Å². The van der Waals surface area contributed by atoms with Crippen molar-refractivity contribution >= 4 is 34.8 Å². The van der Waals surface area contributed by atoms with Crippen LogP contribution in [0.2, 0.25) is 10.0 Å².